The molecule has 0 heterocycles. The lowest BCUT2D eigenvalue weighted by Gasteiger charge is -2.17. The Balaban J connectivity index is 2.05. The summed E-state index contributed by atoms with van der Waals surface area (Å²) in [5, 5.41) is 2.99. The SMILES string of the molecule is COC(=O)[C@@H](Cc1ccccc1Cl)NC(=O)Cc1ccc(C(F)(F)F)cc1. The molecular weight excluding hydrogens is 383 g/mol. The van der Waals surface area contributed by atoms with Crippen LogP contribution in [0.5, 0.6) is 0 Å². The first-order chi connectivity index (χ1) is 12.7. The molecule has 0 aliphatic heterocycles. The van der Waals surface area contributed by atoms with Crippen LogP contribution < -0.4 is 5.32 Å². The van der Waals surface area contributed by atoms with E-state index in [1.54, 1.807) is 24.3 Å². The van der Waals surface area contributed by atoms with Gasteiger partial charge in [0, 0.05) is 11.4 Å². The van der Waals surface area contributed by atoms with Crippen molar-refractivity contribution in [1.29, 1.82) is 0 Å². The first-order valence-corrected chi connectivity index (χ1v) is 8.35. The number of nitrogens with one attached hydrogen (secondary N) is 1. The maximum atomic E-state index is 12.6. The van der Waals surface area contributed by atoms with E-state index in [0.29, 0.717) is 16.1 Å². The van der Waals surface area contributed by atoms with E-state index < -0.39 is 29.7 Å². The average Bonchev–Trinajstić information content (AvgIpc) is 2.62. The van der Waals surface area contributed by atoms with Crippen molar-refractivity contribution in [1.82, 2.24) is 5.32 Å². The molecule has 1 amide bonds. The highest BCUT2D eigenvalue weighted by Gasteiger charge is 2.30. The second-order valence-electron chi connectivity index (χ2n) is 5.81. The molecule has 0 radical (unpaired) electrons. The Kier molecular flexibility index (Phi) is 6.85. The van der Waals surface area contributed by atoms with Crippen molar-refractivity contribution in [3.8, 4) is 0 Å². The Morgan fingerprint density at radius 1 is 1.11 bits per heavy atom. The molecule has 0 aliphatic rings. The van der Waals surface area contributed by atoms with Gasteiger partial charge in [-0.25, -0.2) is 4.79 Å². The third-order valence-corrected chi connectivity index (χ3v) is 4.22. The first kappa shape index (κ1) is 20.8. The van der Waals surface area contributed by atoms with Crippen molar-refractivity contribution in [3.63, 3.8) is 0 Å². The molecule has 144 valence electrons. The van der Waals surface area contributed by atoms with Gasteiger partial charge in [-0.1, -0.05) is 41.9 Å². The molecule has 0 saturated heterocycles. The molecule has 27 heavy (non-hydrogen) atoms. The van der Waals surface area contributed by atoms with E-state index in [-0.39, 0.29) is 12.8 Å². The number of benzene rings is 2. The minimum absolute atomic E-state index is 0.130. The predicted octanol–water partition coefficient (Wildman–Crippen LogP) is 3.80. The molecule has 0 spiro atoms. The molecule has 1 N–H and O–H groups in total. The summed E-state index contributed by atoms with van der Waals surface area (Å²) >= 11 is 6.08. The number of halogens is 4. The fourth-order valence-electron chi connectivity index (χ4n) is 2.46. The van der Waals surface area contributed by atoms with Gasteiger partial charge in [0.05, 0.1) is 19.1 Å². The highest BCUT2D eigenvalue weighted by molar-refractivity contribution is 6.31. The van der Waals surface area contributed by atoms with Crippen molar-refractivity contribution in [2.24, 2.45) is 0 Å². The van der Waals surface area contributed by atoms with Gasteiger partial charge in [-0.15, -0.1) is 0 Å². The van der Waals surface area contributed by atoms with Gasteiger partial charge in [-0.05, 0) is 29.3 Å². The predicted molar refractivity (Wildman–Crippen MR) is 94.3 cm³/mol. The topological polar surface area (TPSA) is 55.4 Å². The lowest BCUT2D eigenvalue weighted by molar-refractivity contribution is -0.145. The Labute approximate surface area is 159 Å². The zero-order chi connectivity index (χ0) is 20.0. The fourth-order valence-corrected chi connectivity index (χ4v) is 2.67. The minimum atomic E-state index is -4.44. The summed E-state index contributed by atoms with van der Waals surface area (Å²) in [7, 11) is 1.20. The molecule has 2 aromatic rings. The molecule has 0 saturated carbocycles. The molecular formula is C19H17ClF3NO3. The van der Waals surface area contributed by atoms with Crippen molar-refractivity contribution in [2.75, 3.05) is 7.11 Å². The largest absolute Gasteiger partial charge is 0.467 e. The van der Waals surface area contributed by atoms with Gasteiger partial charge >= 0.3 is 12.1 Å². The zero-order valence-corrected chi connectivity index (χ0v) is 15.1. The van der Waals surface area contributed by atoms with Crippen LogP contribution in [0.15, 0.2) is 48.5 Å². The lowest BCUT2D eigenvalue weighted by atomic mass is 10.0. The summed E-state index contributed by atoms with van der Waals surface area (Å²) in [6.45, 7) is 0. The molecule has 0 fully saturated rings. The number of hydrogen-bond acceptors (Lipinski definition) is 3. The van der Waals surface area contributed by atoms with E-state index in [1.165, 1.54) is 19.2 Å². The van der Waals surface area contributed by atoms with Gasteiger partial charge in [-0.3, -0.25) is 4.79 Å². The van der Waals surface area contributed by atoms with Crippen LogP contribution in [0, 0.1) is 0 Å². The number of carbonyl (C=O) groups is 2. The summed E-state index contributed by atoms with van der Waals surface area (Å²) < 4.78 is 42.4. The van der Waals surface area contributed by atoms with Crippen LogP contribution in [0.3, 0.4) is 0 Å². The highest BCUT2D eigenvalue weighted by atomic mass is 35.5. The van der Waals surface area contributed by atoms with Crippen LogP contribution in [0.2, 0.25) is 5.02 Å². The third kappa shape index (κ3) is 5.99. The van der Waals surface area contributed by atoms with Gasteiger partial charge in [0.1, 0.15) is 6.04 Å². The molecule has 2 aromatic carbocycles. The van der Waals surface area contributed by atoms with Gasteiger partial charge in [0.2, 0.25) is 5.91 Å². The van der Waals surface area contributed by atoms with Crippen molar-refractivity contribution in [3.05, 3.63) is 70.2 Å². The van der Waals surface area contributed by atoms with Crippen molar-refractivity contribution < 1.29 is 27.5 Å². The molecule has 0 unspecified atom stereocenters. The normalized spacial score (nSPS) is 12.3. The molecule has 0 aromatic heterocycles. The number of methoxy groups -OCH3 is 1. The maximum Gasteiger partial charge on any atom is 0.416 e. The molecule has 4 nitrogen and oxygen atoms in total. The Hall–Kier alpha value is -2.54. The van der Waals surface area contributed by atoms with E-state index in [9.17, 15) is 22.8 Å². The third-order valence-electron chi connectivity index (χ3n) is 3.85. The monoisotopic (exact) mass is 399 g/mol. The lowest BCUT2D eigenvalue weighted by Crippen LogP contribution is -2.43. The van der Waals surface area contributed by atoms with Crippen LogP contribution in [-0.2, 0) is 33.3 Å². The van der Waals surface area contributed by atoms with E-state index >= 15 is 0 Å². The van der Waals surface area contributed by atoms with Gasteiger partial charge < -0.3 is 10.1 Å². The van der Waals surface area contributed by atoms with E-state index in [4.69, 9.17) is 16.3 Å². The van der Waals surface area contributed by atoms with Gasteiger partial charge in [0.15, 0.2) is 0 Å². The number of carbonyl (C=O) groups excluding carboxylic acids is 2. The molecule has 1 atom stereocenters. The molecule has 0 bridgehead atoms. The number of ether oxygens (including phenoxy) is 1. The van der Waals surface area contributed by atoms with Gasteiger partial charge in [-0.2, -0.15) is 13.2 Å². The molecule has 8 heteroatoms. The number of hydrogen-bond donors (Lipinski definition) is 1. The van der Waals surface area contributed by atoms with Crippen LogP contribution in [0.25, 0.3) is 0 Å². The first-order valence-electron chi connectivity index (χ1n) is 7.97. The highest BCUT2D eigenvalue weighted by Crippen LogP contribution is 2.29. The number of alkyl halides is 3. The minimum Gasteiger partial charge on any atom is -0.467 e. The zero-order valence-electron chi connectivity index (χ0n) is 14.3. The average molecular weight is 400 g/mol. The molecule has 2 rings (SSSR count). The van der Waals surface area contributed by atoms with Crippen LogP contribution in [0.1, 0.15) is 16.7 Å². The van der Waals surface area contributed by atoms with Crippen molar-refractivity contribution in [2.45, 2.75) is 25.1 Å². The Morgan fingerprint density at radius 2 is 1.74 bits per heavy atom. The van der Waals surface area contributed by atoms with Crippen LogP contribution >= 0.6 is 11.6 Å². The summed E-state index contributed by atoms with van der Waals surface area (Å²) in [4.78, 5) is 24.2. The van der Waals surface area contributed by atoms with E-state index in [1.807, 2.05) is 0 Å². The van der Waals surface area contributed by atoms with Crippen LogP contribution in [-0.4, -0.2) is 25.0 Å². The van der Waals surface area contributed by atoms with Crippen LogP contribution in [0.4, 0.5) is 13.2 Å². The quantitative estimate of drug-likeness (QED) is 0.752. The fraction of sp³-hybridized carbons (Fsp3) is 0.263. The summed E-state index contributed by atoms with van der Waals surface area (Å²) in [6.07, 6.45) is -4.48. The number of amides is 1. The standard InChI is InChI=1S/C19H17ClF3NO3/c1-27-18(26)16(11-13-4-2-3-5-15(13)20)24-17(25)10-12-6-8-14(9-7-12)19(21,22)23/h2-9,16H,10-11H2,1H3,(H,24,25)/t16-/m1/s1. The second-order valence-corrected chi connectivity index (χ2v) is 6.22. The molecule has 0 aliphatic carbocycles. The summed E-state index contributed by atoms with van der Waals surface area (Å²) in [5.41, 5.74) is 0.254. The number of rotatable bonds is 6. The summed E-state index contributed by atoms with van der Waals surface area (Å²) in [5.74, 6) is -1.16. The smallest absolute Gasteiger partial charge is 0.416 e. The van der Waals surface area contributed by atoms with E-state index in [2.05, 4.69) is 5.32 Å². The Bertz CT molecular complexity index is 807. The second kappa shape index (κ2) is 8.90. The summed E-state index contributed by atoms with van der Waals surface area (Å²) in [6, 6.07) is 10.2. The number of esters is 1. The Morgan fingerprint density at radius 3 is 2.30 bits per heavy atom. The van der Waals surface area contributed by atoms with Gasteiger partial charge in [0.25, 0.3) is 0 Å². The van der Waals surface area contributed by atoms with Crippen molar-refractivity contribution >= 4 is 23.5 Å². The van der Waals surface area contributed by atoms with E-state index in [0.717, 1.165) is 12.1 Å². The maximum absolute atomic E-state index is 12.6.